The summed E-state index contributed by atoms with van der Waals surface area (Å²) in [5, 5.41) is 0. The Balaban J connectivity index is 1.82. The van der Waals surface area contributed by atoms with Gasteiger partial charge in [-0.2, -0.15) is 0 Å². The van der Waals surface area contributed by atoms with Crippen molar-refractivity contribution in [2.45, 2.75) is 18.8 Å². The number of carbonyl (C=O) groups is 1. The van der Waals surface area contributed by atoms with Gasteiger partial charge in [-0.25, -0.2) is 0 Å². The quantitative estimate of drug-likeness (QED) is 0.535. The first-order chi connectivity index (χ1) is 7.27. The molecule has 1 aliphatic rings. The third-order valence-corrected chi connectivity index (χ3v) is 2.59. The summed E-state index contributed by atoms with van der Waals surface area (Å²) in [5.74, 6) is 0.459. The van der Waals surface area contributed by atoms with Gasteiger partial charge in [-0.15, -0.1) is 0 Å². The molecule has 76 valence electrons. The van der Waals surface area contributed by atoms with Crippen LogP contribution in [-0.4, -0.2) is 26.2 Å². The minimum Gasteiger partial charge on any atom is -0.380 e. The van der Waals surface area contributed by atoms with Crippen LogP contribution in [0.2, 0.25) is 0 Å². The van der Waals surface area contributed by atoms with Gasteiger partial charge in [0, 0.05) is 11.6 Å². The molecule has 2 radical (unpaired) electrons. The Bertz CT molecular complexity index is 333. The topological polar surface area (TPSA) is 26.3 Å². The maximum Gasteiger partial charge on any atom is 0.188 e. The Morgan fingerprint density at radius 1 is 1.40 bits per heavy atom. The van der Waals surface area contributed by atoms with Crippen molar-refractivity contribution in [3.63, 3.8) is 0 Å². The first-order valence-corrected chi connectivity index (χ1v) is 5.23. The molecule has 0 amide bonds. The van der Waals surface area contributed by atoms with Crippen LogP contribution >= 0.6 is 0 Å². The van der Waals surface area contributed by atoms with E-state index in [2.05, 4.69) is 0 Å². The number of rotatable bonds is 5. The molecule has 1 aromatic carbocycles. The van der Waals surface area contributed by atoms with E-state index in [1.165, 1.54) is 0 Å². The van der Waals surface area contributed by atoms with Crippen LogP contribution in [0.4, 0.5) is 0 Å². The third kappa shape index (κ3) is 2.93. The van der Waals surface area contributed by atoms with Crippen molar-refractivity contribution >= 4 is 13.6 Å². The summed E-state index contributed by atoms with van der Waals surface area (Å²) in [6.45, 7) is 0.0850. The minimum atomic E-state index is -0.266. The fourth-order valence-electron chi connectivity index (χ4n) is 1.44. The van der Waals surface area contributed by atoms with Crippen LogP contribution in [0.15, 0.2) is 30.3 Å². The fourth-order valence-corrected chi connectivity index (χ4v) is 1.44. The maximum absolute atomic E-state index is 11.6. The molecule has 0 aromatic heterocycles. The number of carbonyl (C=O) groups excluding carboxylic acids is 1. The van der Waals surface area contributed by atoms with Crippen LogP contribution < -0.4 is 0 Å². The second kappa shape index (κ2) is 4.62. The zero-order chi connectivity index (χ0) is 10.7. The molecule has 1 fully saturated rings. The van der Waals surface area contributed by atoms with Gasteiger partial charge in [-0.3, -0.25) is 4.79 Å². The molecule has 0 saturated heterocycles. The molecule has 2 rings (SSSR count). The van der Waals surface area contributed by atoms with E-state index in [1.54, 1.807) is 12.1 Å². The number of ether oxygens (including phenoxy) is 1. The van der Waals surface area contributed by atoms with Crippen LogP contribution in [0.5, 0.6) is 0 Å². The molecular weight excluding hydrogens is 187 g/mol. The lowest BCUT2D eigenvalue weighted by molar-refractivity contribution is 0.0646. The molecule has 1 unspecified atom stereocenters. The van der Waals surface area contributed by atoms with Gasteiger partial charge in [0.15, 0.2) is 5.78 Å². The van der Waals surface area contributed by atoms with Crippen molar-refractivity contribution in [2.75, 3.05) is 6.61 Å². The van der Waals surface area contributed by atoms with Gasteiger partial charge in [-0.1, -0.05) is 30.3 Å². The molecular formula is C12H13BO2. The van der Waals surface area contributed by atoms with E-state index < -0.39 is 0 Å². The predicted octanol–water partition coefficient (Wildman–Crippen LogP) is 1.79. The monoisotopic (exact) mass is 200 g/mol. The minimum absolute atomic E-state index is 0.00769. The molecule has 0 N–H and O–H groups in total. The van der Waals surface area contributed by atoms with Crippen LogP contribution in [0, 0.1) is 5.92 Å². The zero-order valence-electron chi connectivity index (χ0n) is 8.56. The van der Waals surface area contributed by atoms with Crippen molar-refractivity contribution in [2.24, 2.45) is 5.92 Å². The number of hydrogen-bond acceptors (Lipinski definition) is 2. The van der Waals surface area contributed by atoms with Crippen molar-refractivity contribution in [3.05, 3.63) is 35.9 Å². The van der Waals surface area contributed by atoms with Gasteiger partial charge < -0.3 is 4.74 Å². The van der Waals surface area contributed by atoms with E-state index in [1.807, 2.05) is 18.2 Å². The molecule has 15 heavy (non-hydrogen) atoms. The highest BCUT2D eigenvalue weighted by Crippen LogP contribution is 2.32. The average Bonchev–Trinajstić information content (AvgIpc) is 3.10. The lowest BCUT2D eigenvalue weighted by Gasteiger charge is -2.11. The van der Waals surface area contributed by atoms with E-state index in [9.17, 15) is 4.79 Å². The number of benzene rings is 1. The Hall–Kier alpha value is -1.09. The molecule has 2 nitrogen and oxygen atoms in total. The normalized spacial score (nSPS) is 17.3. The summed E-state index contributed by atoms with van der Waals surface area (Å²) in [5.41, 5.74) is 0.681. The lowest BCUT2D eigenvalue weighted by Crippen LogP contribution is -2.20. The Morgan fingerprint density at radius 3 is 2.67 bits per heavy atom. The Kier molecular flexibility index (Phi) is 3.22. The van der Waals surface area contributed by atoms with Gasteiger partial charge in [-0.05, 0) is 18.8 Å². The largest absolute Gasteiger partial charge is 0.380 e. The van der Waals surface area contributed by atoms with Gasteiger partial charge in [0.25, 0.3) is 0 Å². The van der Waals surface area contributed by atoms with Crippen LogP contribution in [0.3, 0.4) is 0 Å². The van der Waals surface area contributed by atoms with Gasteiger partial charge in [0.1, 0.15) is 14.5 Å². The predicted molar refractivity (Wildman–Crippen MR) is 59.0 cm³/mol. The molecule has 1 saturated carbocycles. The van der Waals surface area contributed by atoms with Gasteiger partial charge in [0.05, 0.1) is 0 Å². The third-order valence-electron chi connectivity index (χ3n) is 2.59. The van der Waals surface area contributed by atoms with Crippen LogP contribution in [0.1, 0.15) is 23.2 Å². The molecule has 0 heterocycles. The summed E-state index contributed by atoms with van der Waals surface area (Å²) in [6.07, 6.45) is 2.25. The number of ketones is 1. The lowest BCUT2D eigenvalue weighted by atomic mass is 9.95. The number of Topliss-reactive ketones (excluding diaryl/α,β-unsaturated/α-hetero) is 1. The fraction of sp³-hybridized carbons (Fsp3) is 0.417. The first kappa shape index (κ1) is 10.4. The van der Waals surface area contributed by atoms with Crippen LogP contribution in [0.25, 0.3) is 0 Å². The first-order valence-electron chi connectivity index (χ1n) is 5.23. The van der Waals surface area contributed by atoms with Gasteiger partial charge in [0.2, 0.25) is 0 Å². The van der Waals surface area contributed by atoms with Crippen molar-refractivity contribution < 1.29 is 9.53 Å². The summed E-state index contributed by atoms with van der Waals surface area (Å²) < 4.78 is 5.31. The van der Waals surface area contributed by atoms with Gasteiger partial charge >= 0.3 is 0 Å². The Labute approximate surface area is 91.0 Å². The molecule has 0 bridgehead atoms. The average molecular weight is 200 g/mol. The molecule has 0 aliphatic heterocycles. The van der Waals surface area contributed by atoms with E-state index in [0.717, 1.165) is 12.8 Å². The molecule has 1 aromatic rings. The van der Waals surface area contributed by atoms with Crippen molar-refractivity contribution in [3.8, 4) is 0 Å². The summed E-state index contributed by atoms with van der Waals surface area (Å²) in [4.78, 5) is 11.6. The van der Waals surface area contributed by atoms with Crippen LogP contribution in [-0.2, 0) is 4.74 Å². The molecule has 3 heteroatoms. The highest BCUT2D eigenvalue weighted by molar-refractivity contribution is 6.11. The van der Waals surface area contributed by atoms with E-state index >= 15 is 0 Å². The summed E-state index contributed by atoms with van der Waals surface area (Å²) in [6, 6.07) is 8.87. The number of hydrogen-bond donors (Lipinski definition) is 0. The molecule has 1 aliphatic carbocycles. The highest BCUT2D eigenvalue weighted by atomic mass is 16.5. The highest BCUT2D eigenvalue weighted by Gasteiger charge is 2.28. The van der Waals surface area contributed by atoms with E-state index in [0.29, 0.717) is 11.5 Å². The SMILES string of the molecule is [B]C(OCC(=O)c1ccccc1)C1CC1. The van der Waals surface area contributed by atoms with E-state index in [4.69, 9.17) is 12.6 Å². The maximum atomic E-state index is 11.6. The second-order valence-electron chi connectivity index (χ2n) is 3.90. The summed E-state index contributed by atoms with van der Waals surface area (Å²) >= 11 is 0. The summed E-state index contributed by atoms with van der Waals surface area (Å²) in [7, 11) is 5.73. The Morgan fingerprint density at radius 2 is 2.07 bits per heavy atom. The molecule has 1 atom stereocenters. The zero-order valence-corrected chi connectivity index (χ0v) is 8.56. The van der Waals surface area contributed by atoms with E-state index in [-0.39, 0.29) is 18.4 Å². The second-order valence-corrected chi connectivity index (χ2v) is 3.90. The smallest absolute Gasteiger partial charge is 0.188 e. The van der Waals surface area contributed by atoms with Crippen molar-refractivity contribution in [1.29, 1.82) is 0 Å². The molecule has 0 spiro atoms. The standard InChI is InChI=1S/C12H13BO2/c13-12(10-6-7-10)15-8-11(14)9-4-2-1-3-5-9/h1-5,10,12H,6-8H2. The van der Waals surface area contributed by atoms with Crippen molar-refractivity contribution in [1.82, 2.24) is 0 Å².